The lowest BCUT2D eigenvalue weighted by atomic mass is 10.1. The van der Waals surface area contributed by atoms with Crippen LogP contribution in [0.2, 0.25) is 5.02 Å². The molecule has 3 N–H and O–H groups in total. The molecule has 3 rings (SSSR count). The van der Waals surface area contributed by atoms with Gasteiger partial charge < -0.3 is 20.4 Å². The van der Waals surface area contributed by atoms with Crippen LogP contribution < -0.4 is 10.6 Å². The monoisotopic (exact) mass is 387 g/mol. The summed E-state index contributed by atoms with van der Waals surface area (Å²) in [5.74, 6) is -0.230. The molecule has 0 saturated carbocycles. The largest absolute Gasteiger partial charge is 0.469 e. The van der Waals surface area contributed by atoms with Gasteiger partial charge in [0.15, 0.2) is 0 Å². The molecule has 0 atom stereocenters. The number of para-hydroxylation sites is 2. The van der Waals surface area contributed by atoms with Gasteiger partial charge in [0.05, 0.1) is 24.9 Å². The van der Waals surface area contributed by atoms with E-state index < -0.39 is 0 Å². The summed E-state index contributed by atoms with van der Waals surface area (Å²) in [5, 5.41) is 8.55. The summed E-state index contributed by atoms with van der Waals surface area (Å²) in [6, 6.07) is 13.8. The maximum atomic E-state index is 11.2. The number of esters is 1. The van der Waals surface area contributed by atoms with Crippen molar-refractivity contribution in [3.05, 3.63) is 59.2 Å². The third-order valence-corrected chi connectivity index (χ3v) is 4.21. The van der Waals surface area contributed by atoms with Crippen LogP contribution in [0.4, 0.5) is 11.4 Å². The lowest BCUT2D eigenvalue weighted by Gasteiger charge is -2.14. The molecule has 0 aliphatic rings. The van der Waals surface area contributed by atoms with Crippen LogP contribution in [0.15, 0.2) is 48.7 Å². The highest BCUT2D eigenvalue weighted by Crippen LogP contribution is 2.26. The third kappa shape index (κ3) is 5.66. The predicted octanol–water partition coefficient (Wildman–Crippen LogP) is 5.43. The summed E-state index contributed by atoms with van der Waals surface area (Å²) < 4.78 is 4.66. The fourth-order valence-electron chi connectivity index (χ4n) is 2.73. The first-order chi connectivity index (χ1) is 13.2. The number of carbonyl (C=O) groups excluding carboxylic acids is 1. The number of anilines is 2. The second-order valence-electron chi connectivity index (χ2n) is 5.66. The van der Waals surface area contributed by atoms with E-state index in [1.807, 2.05) is 62.5 Å². The smallest absolute Gasteiger partial charge is 0.307 e. The number of benzene rings is 2. The van der Waals surface area contributed by atoms with Gasteiger partial charge >= 0.3 is 5.97 Å². The van der Waals surface area contributed by atoms with Crippen LogP contribution in [-0.2, 0) is 16.1 Å². The first-order valence-electron chi connectivity index (χ1n) is 9.06. The molecule has 0 fully saturated rings. The Balaban J connectivity index is 0.00000126. The highest BCUT2D eigenvalue weighted by atomic mass is 35.5. The Morgan fingerprint density at radius 2 is 1.81 bits per heavy atom. The summed E-state index contributed by atoms with van der Waals surface area (Å²) in [6.07, 6.45) is 2.23. The zero-order valence-electron chi connectivity index (χ0n) is 15.9. The van der Waals surface area contributed by atoms with E-state index in [1.165, 1.54) is 7.11 Å². The highest BCUT2D eigenvalue weighted by Gasteiger charge is 2.07. The van der Waals surface area contributed by atoms with E-state index in [0.717, 1.165) is 27.8 Å². The molecule has 1 aromatic heterocycles. The SMILES string of the molecule is CC.COC(=O)CCNc1ccccc1NCc1cc(Cl)cc2[nH]ccc12. The number of nitrogens with one attached hydrogen (secondary N) is 3. The molecule has 0 saturated heterocycles. The molecule has 0 aliphatic heterocycles. The maximum Gasteiger partial charge on any atom is 0.307 e. The molecule has 0 amide bonds. The molecule has 144 valence electrons. The number of ether oxygens (including phenoxy) is 1. The number of carbonyl (C=O) groups is 1. The van der Waals surface area contributed by atoms with E-state index in [4.69, 9.17) is 11.6 Å². The summed E-state index contributed by atoms with van der Waals surface area (Å²) >= 11 is 6.20. The molecular weight excluding hydrogens is 362 g/mol. The van der Waals surface area contributed by atoms with E-state index in [0.29, 0.717) is 24.5 Å². The van der Waals surface area contributed by atoms with Gasteiger partial charge in [-0.1, -0.05) is 37.6 Å². The number of H-pyrrole nitrogens is 1. The molecule has 5 nitrogen and oxygen atoms in total. The van der Waals surface area contributed by atoms with Crippen LogP contribution in [-0.4, -0.2) is 24.6 Å². The lowest BCUT2D eigenvalue weighted by Crippen LogP contribution is -2.11. The molecule has 0 bridgehead atoms. The molecule has 6 heteroatoms. The van der Waals surface area contributed by atoms with Crippen LogP contribution in [0.1, 0.15) is 25.8 Å². The second-order valence-corrected chi connectivity index (χ2v) is 6.09. The number of halogens is 1. The highest BCUT2D eigenvalue weighted by molar-refractivity contribution is 6.31. The average molecular weight is 388 g/mol. The lowest BCUT2D eigenvalue weighted by molar-refractivity contribution is -0.140. The number of rotatable bonds is 7. The summed E-state index contributed by atoms with van der Waals surface area (Å²) in [5.41, 5.74) is 4.05. The van der Waals surface area contributed by atoms with Gasteiger partial charge in [0.1, 0.15) is 0 Å². The van der Waals surface area contributed by atoms with Crippen molar-refractivity contribution in [1.82, 2.24) is 4.98 Å². The molecule has 0 spiro atoms. The van der Waals surface area contributed by atoms with Crippen LogP contribution in [0.25, 0.3) is 10.9 Å². The van der Waals surface area contributed by atoms with Crippen molar-refractivity contribution in [3.8, 4) is 0 Å². The fourth-order valence-corrected chi connectivity index (χ4v) is 2.98. The van der Waals surface area contributed by atoms with Crippen molar-refractivity contribution < 1.29 is 9.53 Å². The summed E-state index contributed by atoms with van der Waals surface area (Å²) in [6.45, 7) is 5.16. The van der Waals surface area contributed by atoms with E-state index in [-0.39, 0.29) is 5.97 Å². The minimum Gasteiger partial charge on any atom is -0.469 e. The standard InChI is InChI=1S/C19H20ClN3O2.C2H6/c1-25-19(24)7-9-21-16-4-2-3-5-17(16)23-12-13-10-14(20)11-18-15(13)6-8-22-18;1-2/h2-6,8,10-11,21-23H,7,9,12H2,1H3;1-2H3. The van der Waals surface area contributed by atoms with Crippen molar-refractivity contribution in [3.63, 3.8) is 0 Å². The normalized spacial score (nSPS) is 10.1. The van der Waals surface area contributed by atoms with Crippen molar-refractivity contribution >= 4 is 39.8 Å². The summed E-state index contributed by atoms with van der Waals surface area (Å²) in [4.78, 5) is 14.4. The number of methoxy groups -OCH3 is 1. The first kappa shape index (κ1) is 20.6. The number of hydrogen-bond donors (Lipinski definition) is 3. The third-order valence-electron chi connectivity index (χ3n) is 3.99. The molecule has 3 aromatic rings. The van der Waals surface area contributed by atoms with Gasteiger partial charge in [-0.3, -0.25) is 4.79 Å². The van der Waals surface area contributed by atoms with Crippen molar-refractivity contribution in [2.45, 2.75) is 26.8 Å². The average Bonchev–Trinajstić information content (AvgIpc) is 3.16. The zero-order chi connectivity index (χ0) is 19.6. The Morgan fingerprint density at radius 3 is 2.52 bits per heavy atom. The fraction of sp³-hybridized carbons (Fsp3) is 0.286. The molecule has 0 aliphatic carbocycles. The Kier molecular flexibility index (Phi) is 8.01. The van der Waals surface area contributed by atoms with Gasteiger partial charge in [-0.15, -0.1) is 0 Å². The molecule has 27 heavy (non-hydrogen) atoms. The quantitative estimate of drug-likeness (QED) is 0.472. The van der Waals surface area contributed by atoms with Crippen LogP contribution in [0.3, 0.4) is 0 Å². The van der Waals surface area contributed by atoms with E-state index >= 15 is 0 Å². The minimum absolute atomic E-state index is 0.230. The van der Waals surface area contributed by atoms with Gasteiger partial charge in [0, 0.05) is 35.2 Å². The van der Waals surface area contributed by atoms with Gasteiger partial charge in [-0.25, -0.2) is 0 Å². The molecule has 1 heterocycles. The number of aromatic amines is 1. The first-order valence-corrected chi connectivity index (χ1v) is 9.44. The Hall–Kier alpha value is -2.66. The molecule has 0 unspecified atom stereocenters. The van der Waals surface area contributed by atoms with Gasteiger partial charge in [-0.05, 0) is 35.9 Å². The Morgan fingerprint density at radius 1 is 1.11 bits per heavy atom. The van der Waals surface area contributed by atoms with Gasteiger partial charge in [-0.2, -0.15) is 0 Å². The number of hydrogen-bond acceptors (Lipinski definition) is 4. The number of aromatic nitrogens is 1. The predicted molar refractivity (Wildman–Crippen MR) is 114 cm³/mol. The van der Waals surface area contributed by atoms with Crippen LogP contribution >= 0.6 is 11.6 Å². The minimum atomic E-state index is -0.230. The molecular formula is C21H26ClN3O2. The number of fused-ring (bicyclic) bond motifs is 1. The van der Waals surface area contributed by atoms with Crippen molar-refractivity contribution in [2.24, 2.45) is 0 Å². The van der Waals surface area contributed by atoms with Gasteiger partial charge in [0.2, 0.25) is 0 Å². The zero-order valence-corrected chi connectivity index (χ0v) is 16.7. The van der Waals surface area contributed by atoms with Crippen molar-refractivity contribution in [2.75, 3.05) is 24.3 Å². The van der Waals surface area contributed by atoms with E-state index in [9.17, 15) is 4.79 Å². The molecule has 0 radical (unpaired) electrons. The topological polar surface area (TPSA) is 66.2 Å². The van der Waals surface area contributed by atoms with Crippen LogP contribution in [0.5, 0.6) is 0 Å². The van der Waals surface area contributed by atoms with Crippen molar-refractivity contribution in [1.29, 1.82) is 0 Å². The van der Waals surface area contributed by atoms with Crippen LogP contribution in [0, 0.1) is 0 Å². The Bertz CT molecular complexity index is 877. The maximum absolute atomic E-state index is 11.2. The second kappa shape index (κ2) is 10.5. The Labute approximate surface area is 165 Å². The van der Waals surface area contributed by atoms with E-state index in [1.54, 1.807) is 0 Å². The summed E-state index contributed by atoms with van der Waals surface area (Å²) in [7, 11) is 1.39. The molecule has 2 aromatic carbocycles. The van der Waals surface area contributed by atoms with E-state index in [2.05, 4.69) is 20.4 Å². The van der Waals surface area contributed by atoms with Gasteiger partial charge in [0.25, 0.3) is 0 Å².